The van der Waals surface area contributed by atoms with Gasteiger partial charge < -0.3 is 9.47 Å². The van der Waals surface area contributed by atoms with Gasteiger partial charge in [-0.2, -0.15) is 0 Å². The molecule has 168 valence electrons. The van der Waals surface area contributed by atoms with Gasteiger partial charge in [-0.1, -0.05) is 0 Å². The molecule has 3 amide bonds. The quantitative estimate of drug-likeness (QED) is 0.526. The molecule has 1 atom stereocenters. The van der Waals surface area contributed by atoms with Gasteiger partial charge in [0.1, 0.15) is 11.8 Å². The lowest BCUT2D eigenvalue weighted by Crippen LogP contribution is -2.54. The van der Waals surface area contributed by atoms with Gasteiger partial charge in [-0.15, -0.1) is 0 Å². The lowest BCUT2D eigenvalue weighted by molar-refractivity contribution is -0.146. The molecule has 5 rings (SSSR count). The molecule has 4 aliphatic rings. The van der Waals surface area contributed by atoms with Crippen molar-refractivity contribution < 1.29 is 33.0 Å². The third kappa shape index (κ3) is 2.87. The molecule has 1 unspecified atom stereocenters. The normalized spacial score (nSPS) is 22.0. The second kappa shape index (κ2) is 7.15. The second-order valence-electron chi connectivity index (χ2n) is 8.58. The first-order valence-electron chi connectivity index (χ1n) is 10.9. The number of amides is 3. The number of carbonyl (C=O) groups is 4. The summed E-state index contributed by atoms with van der Waals surface area (Å²) in [5.41, 5.74) is -0.368. The molecule has 8 nitrogen and oxygen atoms in total. The Balaban J connectivity index is 1.59. The van der Waals surface area contributed by atoms with Crippen molar-refractivity contribution in [2.45, 2.75) is 64.0 Å². The van der Waals surface area contributed by atoms with Crippen molar-refractivity contribution in [3.05, 3.63) is 29.1 Å². The standard InChI is InChI=1S/C23H23FN2O6/c1-3-31-21(29)12(2)25-17-11-16(15(24)10-18(17)32-23(8-9-23)22(25)30)26-19(27)13-6-4-5-7-14(13)20(26)28/h10-12H,3-9H2,1-2H3. The third-order valence-corrected chi connectivity index (χ3v) is 6.55. The fraction of sp³-hybridized carbons (Fsp3) is 0.478. The van der Waals surface area contributed by atoms with Crippen LogP contribution in [0.3, 0.4) is 0 Å². The van der Waals surface area contributed by atoms with Crippen LogP contribution in [-0.2, 0) is 23.9 Å². The van der Waals surface area contributed by atoms with Crippen molar-refractivity contribution in [2.24, 2.45) is 0 Å². The largest absolute Gasteiger partial charge is 0.475 e. The van der Waals surface area contributed by atoms with Crippen molar-refractivity contribution in [1.82, 2.24) is 0 Å². The Morgan fingerprint density at radius 3 is 2.31 bits per heavy atom. The van der Waals surface area contributed by atoms with Crippen LogP contribution in [-0.4, -0.2) is 41.9 Å². The summed E-state index contributed by atoms with van der Waals surface area (Å²) >= 11 is 0. The van der Waals surface area contributed by atoms with Crippen LogP contribution in [0.5, 0.6) is 5.75 Å². The van der Waals surface area contributed by atoms with Crippen LogP contribution in [0.25, 0.3) is 0 Å². The summed E-state index contributed by atoms with van der Waals surface area (Å²) < 4.78 is 26.1. The van der Waals surface area contributed by atoms with Gasteiger partial charge in [0.05, 0.1) is 18.0 Å². The fourth-order valence-electron chi connectivity index (χ4n) is 4.70. The maximum absolute atomic E-state index is 15.2. The van der Waals surface area contributed by atoms with E-state index in [1.807, 2.05) is 0 Å². The molecule has 1 spiro atoms. The Morgan fingerprint density at radius 1 is 1.12 bits per heavy atom. The molecule has 2 aliphatic carbocycles. The van der Waals surface area contributed by atoms with Gasteiger partial charge in [0.15, 0.2) is 11.4 Å². The number of imide groups is 1. The van der Waals surface area contributed by atoms with Crippen LogP contribution in [0.1, 0.15) is 52.4 Å². The molecule has 1 aromatic rings. The summed E-state index contributed by atoms with van der Waals surface area (Å²) in [6.45, 7) is 3.33. The number of esters is 1. The van der Waals surface area contributed by atoms with Gasteiger partial charge in [-0.3, -0.25) is 19.3 Å². The Kier molecular flexibility index (Phi) is 4.61. The second-order valence-corrected chi connectivity index (χ2v) is 8.58. The molecule has 0 radical (unpaired) electrons. The molecule has 0 saturated heterocycles. The minimum absolute atomic E-state index is 0.0938. The van der Waals surface area contributed by atoms with Crippen LogP contribution in [0.2, 0.25) is 0 Å². The van der Waals surface area contributed by atoms with Gasteiger partial charge in [0.25, 0.3) is 17.7 Å². The van der Waals surface area contributed by atoms with Gasteiger partial charge >= 0.3 is 5.97 Å². The van der Waals surface area contributed by atoms with E-state index in [9.17, 15) is 19.2 Å². The average molecular weight is 442 g/mol. The first-order valence-corrected chi connectivity index (χ1v) is 10.9. The minimum atomic E-state index is -1.11. The van der Waals surface area contributed by atoms with E-state index in [0.29, 0.717) is 36.8 Å². The van der Waals surface area contributed by atoms with Gasteiger partial charge in [-0.25, -0.2) is 14.1 Å². The molecular formula is C23H23FN2O6. The number of benzene rings is 1. The third-order valence-electron chi connectivity index (χ3n) is 6.55. The van der Waals surface area contributed by atoms with E-state index in [2.05, 4.69) is 0 Å². The van der Waals surface area contributed by atoms with Crippen LogP contribution < -0.4 is 14.5 Å². The molecule has 1 fully saturated rings. The number of anilines is 2. The van der Waals surface area contributed by atoms with Crippen molar-refractivity contribution in [2.75, 3.05) is 16.4 Å². The average Bonchev–Trinajstić information content (AvgIpc) is 3.50. The van der Waals surface area contributed by atoms with Gasteiger partial charge in [-0.05, 0) is 45.6 Å². The summed E-state index contributed by atoms with van der Waals surface area (Å²) in [5.74, 6) is -2.80. The molecule has 9 heteroatoms. The molecule has 0 aromatic heterocycles. The van der Waals surface area contributed by atoms with Crippen molar-refractivity contribution in [3.63, 3.8) is 0 Å². The zero-order chi connectivity index (χ0) is 22.8. The summed E-state index contributed by atoms with van der Waals surface area (Å²) in [6, 6.07) is 1.35. The van der Waals surface area contributed by atoms with Crippen molar-refractivity contribution in [3.8, 4) is 5.75 Å². The van der Waals surface area contributed by atoms with E-state index in [1.54, 1.807) is 6.92 Å². The number of ether oxygens (including phenoxy) is 2. The molecule has 2 heterocycles. The summed E-state index contributed by atoms with van der Waals surface area (Å²) in [4.78, 5) is 53.7. The summed E-state index contributed by atoms with van der Waals surface area (Å²) in [6.07, 6.45) is 3.49. The SMILES string of the molecule is CCOC(=O)C(C)N1C(=O)C2(CC2)Oc2cc(F)c(N3C(=O)C4=C(CCCC4)C3=O)cc21. The Labute approximate surface area is 183 Å². The molecule has 32 heavy (non-hydrogen) atoms. The zero-order valence-corrected chi connectivity index (χ0v) is 17.9. The van der Waals surface area contributed by atoms with Crippen LogP contribution in [0, 0.1) is 5.82 Å². The highest BCUT2D eigenvalue weighted by molar-refractivity contribution is 6.33. The van der Waals surface area contributed by atoms with E-state index in [4.69, 9.17) is 9.47 Å². The lowest BCUT2D eigenvalue weighted by Gasteiger charge is -2.37. The summed E-state index contributed by atoms with van der Waals surface area (Å²) in [5, 5.41) is 0. The fourth-order valence-corrected chi connectivity index (χ4v) is 4.70. The maximum atomic E-state index is 15.2. The first kappa shape index (κ1) is 20.7. The number of carbonyl (C=O) groups excluding carboxylic acids is 4. The Morgan fingerprint density at radius 2 is 1.75 bits per heavy atom. The first-order chi connectivity index (χ1) is 15.3. The van der Waals surface area contributed by atoms with E-state index in [1.165, 1.54) is 17.9 Å². The number of halogens is 1. The number of hydrogen-bond acceptors (Lipinski definition) is 6. The number of fused-ring (bicyclic) bond motifs is 1. The highest BCUT2D eigenvalue weighted by Crippen LogP contribution is 2.51. The van der Waals surface area contributed by atoms with Gasteiger partial charge in [0, 0.05) is 30.1 Å². The van der Waals surface area contributed by atoms with E-state index in [-0.39, 0.29) is 23.7 Å². The highest BCUT2D eigenvalue weighted by Gasteiger charge is 2.59. The van der Waals surface area contributed by atoms with Crippen molar-refractivity contribution in [1.29, 1.82) is 0 Å². The minimum Gasteiger partial charge on any atom is -0.475 e. The van der Waals surface area contributed by atoms with Crippen LogP contribution in [0.15, 0.2) is 23.3 Å². The monoisotopic (exact) mass is 442 g/mol. The van der Waals surface area contributed by atoms with E-state index >= 15 is 4.39 Å². The Bertz CT molecular complexity index is 1080. The molecular weight excluding hydrogens is 419 g/mol. The maximum Gasteiger partial charge on any atom is 0.328 e. The molecule has 2 aliphatic heterocycles. The van der Waals surface area contributed by atoms with Crippen molar-refractivity contribution >= 4 is 35.1 Å². The molecule has 0 N–H and O–H groups in total. The van der Waals surface area contributed by atoms with Crippen LogP contribution in [0.4, 0.5) is 15.8 Å². The van der Waals surface area contributed by atoms with E-state index < -0.39 is 41.2 Å². The van der Waals surface area contributed by atoms with E-state index in [0.717, 1.165) is 23.8 Å². The van der Waals surface area contributed by atoms with Gasteiger partial charge in [0.2, 0.25) is 0 Å². The zero-order valence-electron chi connectivity index (χ0n) is 17.9. The topological polar surface area (TPSA) is 93.2 Å². The number of hydrogen-bond donors (Lipinski definition) is 0. The van der Waals surface area contributed by atoms with Crippen LogP contribution >= 0.6 is 0 Å². The predicted octanol–water partition coefficient (Wildman–Crippen LogP) is 2.78. The molecule has 0 bridgehead atoms. The molecule has 1 aromatic carbocycles. The summed E-state index contributed by atoms with van der Waals surface area (Å²) in [7, 11) is 0. The highest BCUT2D eigenvalue weighted by atomic mass is 19.1. The Hall–Kier alpha value is -3.23. The predicted molar refractivity (Wildman–Crippen MR) is 111 cm³/mol. The molecule has 1 saturated carbocycles. The number of rotatable bonds is 4. The lowest BCUT2D eigenvalue weighted by atomic mass is 9.93. The number of nitrogens with zero attached hydrogens (tertiary/aromatic N) is 2. The smallest absolute Gasteiger partial charge is 0.328 e.